The molecule has 9 nitrogen and oxygen atoms in total. The van der Waals surface area contributed by atoms with Crippen LogP contribution in [0.1, 0.15) is 34.5 Å². The van der Waals surface area contributed by atoms with Crippen LogP contribution in [-0.4, -0.2) is 73.8 Å². The SMILES string of the molecule is C=N/C=C(/c1cc(F)cc(CN(C)C)c1)c1nc(-c2[nH]nc3ncc(-c4cncc(CN5CCC5)c4)cc23)[nH]c1C. The highest BCUT2D eigenvalue weighted by Crippen LogP contribution is 2.32. The van der Waals surface area contributed by atoms with Gasteiger partial charge in [0.1, 0.15) is 11.5 Å². The molecule has 1 fully saturated rings. The van der Waals surface area contributed by atoms with E-state index in [1.807, 2.05) is 50.6 Å². The normalized spacial score (nSPS) is 14.1. The number of benzene rings is 1. The van der Waals surface area contributed by atoms with Crippen LogP contribution < -0.4 is 0 Å². The molecule has 2 N–H and O–H groups in total. The van der Waals surface area contributed by atoms with Crippen LogP contribution >= 0.6 is 0 Å². The van der Waals surface area contributed by atoms with Crippen molar-refractivity contribution < 1.29 is 4.39 Å². The number of likely N-dealkylation sites (tertiary alicyclic amines) is 1. The minimum absolute atomic E-state index is 0.315. The van der Waals surface area contributed by atoms with E-state index in [1.165, 1.54) is 18.1 Å². The van der Waals surface area contributed by atoms with E-state index in [2.05, 4.69) is 53.9 Å². The fourth-order valence-electron chi connectivity index (χ4n) is 5.24. The van der Waals surface area contributed by atoms with E-state index in [0.717, 1.165) is 47.4 Å². The number of aryl methyl sites for hydroxylation is 1. The van der Waals surface area contributed by atoms with Gasteiger partial charge in [0.15, 0.2) is 11.5 Å². The molecule has 0 saturated carbocycles. The summed E-state index contributed by atoms with van der Waals surface area (Å²) in [7, 11) is 3.90. The Balaban J connectivity index is 1.37. The first-order valence-electron chi connectivity index (χ1n) is 13.6. The second kappa shape index (κ2) is 11.1. The fraction of sp³-hybridized carbons (Fsp3) is 0.258. The van der Waals surface area contributed by atoms with Crippen LogP contribution in [0.2, 0.25) is 0 Å². The number of nitrogens with one attached hydrogen (secondary N) is 2. The molecule has 0 amide bonds. The van der Waals surface area contributed by atoms with Crippen molar-refractivity contribution >= 4 is 23.3 Å². The Morgan fingerprint density at radius 1 is 1.10 bits per heavy atom. The number of aromatic amines is 2. The van der Waals surface area contributed by atoms with Gasteiger partial charge in [-0.1, -0.05) is 0 Å². The van der Waals surface area contributed by atoms with Gasteiger partial charge < -0.3 is 9.88 Å². The third-order valence-corrected chi connectivity index (χ3v) is 7.26. The molecule has 5 aromatic rings. The quantitative estimate of drug-likeness (QED) is 0.245. The van der Waals surface area contributed by atoms with Crippen molar-refractivity contribution in [2.45, 2.75) is 26.4 Å². The lowest BCUT2D eigenvalue weighted by atomic mass is 10.00. The summed E-state index contributed by atoms with van der Waals surface area (Å²) in [5, 5.41) is 8.36. The molecule has 208 valence electrons. The molecular weight excluding hydrogens is 517 g/mol. The van der Waals surface area contributed by atoms with E-state index in [0.29, 0.717) is 40.5 Å². The fourth-order valence-corrected chi connectivity index (χ4v) is 5.24. The van der Waals surface area contributed by atoms with Crippen molar-refractivity contribution in [1.82, 2.24) is 39.9 Å². The number of fused-ring (bicyclic) bond motifs is 1. The molecule has 1 aromatic carbocycles. The van der Waals surface area contributed by atoms with Crippen LogP contribution in [0.15, 0.2) is 60.1 Å². The maximum absolute atomic E-state index is 14.6. The molecule has 1 aliphatic rings. The minimum Gasteiger partial charge on any atom is -0.340 e. The molecule has 10 heteroatoms. The molecule has 0 spiro atoms. The Morgan fingerprint density at radius 3 is 2.68 bits per heavy atom. The first-order valence-corrected chi connectivity index (χ1v) is 13.6. The Bertz CT molecular complexity index is 1760. The van der Waals surface area contributed by atoms with E-state index in [4.69, 9.17) is 4.98 Å². The van der Waals surface area contributed by atoms with E-state index in [9.17, 15) is 4.39 Å². The lowest BCUT2D eigenvalue weighted by molar-refractivity contribution is 0.172. The standard InChI is InChI=1S/C31H32FN9/c1-19-28(27(16-33-2)22-8-20(17-40(3)4)10-25(32)11-22)37-31(36-19)29-26-12-24(15-35-30(26)39-38-29)23-9-21(13-34-14-23)18-41-6-5-7-41/h8-16H,2,5-7,17-18H2,1,3-4H3,(H,36,37)(H,35,38,39)/b27-16-. The summed E-state index contributed by atoms with van der Waals surface area (Å²) in [6, 6.07) is 9.23. The lowest BCUT2D eigenvalue weighted by Gasteiger charge is -2.30. The van der Waals surface area contributed by atoms with Crippen molar-refractivity contribution in [3.05, 3.63) is 89.0 Å². The van der Waals surface area contributed by atoms with Crippen LogP contribution in [0.5, 0.6) is 0 Å². The minimum atomic E-state index is -0.315. The van der Waals surface area contributed by atoms with Crippen molar-refractivity contribution in [2.75, 3.05) is 27.2 Å². The molecule has 0 atom stereocenters. The van der Waals surface area contributed by atoms with Gasteiger partial charge in [0.05, 0.1) is 11.1 Å². The van der Waals surface area contributed by atoms with Crippen molar-refractivity contribution in [3.63, 3.8) is 0 Å². The molecule has 0 aliphatic carbocycles. The highest BCUT2D eigenvalue weighted by molar-refractivity contribution is 5.92. The topological polar surface area (TPSA) is 102 Å². The summed E-state index contributed by atoms with van der Waals surface area (Å²) in [4.78, 5) is 25.8. The molecule has 0 radical (unpaired) electrons. The van der Waals surface area contributed by atoms with Crippen LogP contribution in [0.3, 0.4) is 0 Å². The molecule has 5 heterocycles. The lowest BCUT2D eigenvalue weighted by Crippen LogP contribution is -2.36. The molecular formula is C31H32FN9. The van der Waals surface area contributed by atoms with E-state index < -0.39 is 0 Å². The summed E-state index contributed by atoms with van der Waals surface area (Å²) in [6.07, 6.45) is 8.48. The molecule has 41 heavy (non-hydrogen) atoms. The third-order valence-electron chi connectivity index (χ3n) is 7.26. The van der Waals surface area contributed by atoms with Gasteiger partial charge in [-0.05, 0) is 94.3 Å². The van der Waals surface area contributed by atoms with Crippen LogP contribution in [0.25, 0.3) is 39.3 Å². The van der Waals surface area contributed by atoms with Crippen LogP contribution in [0.4, 0.5) is 4.39 Å². The number of H-pyrrole nitrogens is 2. The number of aliphatic imine (C=N–C) groups is 1. The van der Waals surface area contributed by atoms with Crippen LogP contribution in [0, 0.1) is 12.7 Å². The number of pyridine rings is 2. The summed E-state index contributed by atoms with van der Waals surface area (Å²) >= 11 is 0. The second-order valence-corrected chi connectivity index (χ2v) is 10.8. The van der Waals surface area contributed by atoms with Crippen LogP contribution in [-0.2, 0) is 13.1 Å². The van der Waals surface area contributed by atoms with E-state index in [-0.39, 0.29) is 5.82 Å². The van der Waals surface area contributed by atoms with Gasteiger partial charge in [-0.25, -0.2) is 14.4 Å². The Morgan fingerprint density at radius 2 is 1.93 bits per heavy atom. The number of hydrogen-bond acceptors (Lipinski definition) is 7. The maximum atomic E-state index is 14.6. The number of nitrogens with zero attached hydrogens (tertiary/aromatic N) is 7. The Labute approximate surface area is 237 Å². The molecule has 6 rings (SSSR count). The zero-order chi connectivity index (χ0) is 28.5. The number of imidazole rings is 1. The average Bonchev–Trinajstić information content (AvgIpc) is 3.51. The predicted octanol–water partition coefficient (Wildman–Crippen LogP) is 5.21. The first kappa shape index (κ1) is 26.7. The predicted molar refractivity (Wildman–Crippen MR) is 160 cm³/mol. The molecule has 1 saturated heterocycles. The van der Waals surface area contributed by atoms with Gasteiger partial charge in [0.25, 0.3) is 0 Å². The van der Waals surface area contributed by atoms with Crippen molar-refractivity contribution in [2.24, 2.45) is 4.99 Å². The molecule has 4 aromatic heterocycles. The highest BCUT2D eigenvalue weighted by atomic mass is 19.1. The largest absolute Gasteiger partial charge is 0.340 e. The van der Waals surface area contributed by atoms with Crippen molar-refractivity contribution in [1.29, 1.82) is 0 Å². The Kier molecular flexibility index (Phi) is 7.25. The molecule has 0 unspecified atom stereocenters. The summed E-state index contributed by atoms with van der Waals surface area (Å²) in [5.41, 5.74) is 8.11. The monoisotopic (exact) mass is 549 g/mol. The van der Waals surface area contributed by atoms with Gasteiger partial charge in [0, 0.05) is 60.3 Å². The van der Waals surface area contributed by atoms with Gasteiger partial charge in [-0.15, -0.1) is 0 Å². The first-order chi connectivity index (χ1) is 19.9. The smallest absolute Gasteiger partial charge is 0.181 e. The molecule has 1 aliphatic heterocycles. The molecule has 0 bridgehead atoms. The number of halogens is 1. The van der Waals surface area contributed by atoms with Gasteiger partial charge in [0.2, 0.25) is 0 Å². The zero-order valence-corrected chi connectivity index (χ0v) is 23.4. The van der Waals surface area contributed by atoms with Gasteiger partial charge >= 0.3 is 0 Å². The number of aromatic nitrogens is 6. The average molecular weight is 550 g/mol. The zero-order valence-electron chi connectivity index (χ0n) is 23.4. The van der Waals surface area contributed by atoms with Crippen molar-refractivity contribution in [3.8, 4) is 22.6 Å². The third kappa shape index (κ3) is 5.57. The second-order valence-electron chi connectivity index (χ2n) is 10.8. The number of hydrogen-bond donors (Lipinski definition) is 2. The number of rotatable bonds is 9. The highest BCUT2D eigenvalue weighted by Gasteiger charge is 2.20. The van der Waals surface area contributed by atoms with E-state index >= 15 is 0 Å². The maximum Gasteiger partial charge on any atom is 0.181 e. The summed E-state index contributed by atoms with van der Waals surface area (Å²) < 4.78 is 14.6. The summed E-state index contributed by atoms with van der Waals surface area (Å²) in [6.45, 7) is 9.35. The summed E-state index contributed by atoms with van der Waals surface area (Å²) in [5.74, 6) is 0.285. The van der Waals surface area contributed by atoms with E-state index in [1.54, 1.807) is 12.3 Å². The Hall–Kier alpha value is -4.54. The van der Waals surface area contributed by atoms with Gasteiger partial charge in [-0.3, -0.25) is 20.0 Å². The van der Waals surface area contributed by atoms with Gasteiger partial charge in [-0.2, -0.15) is 5.10 Å².